The molecule has 5 rings (SSSR count). The Labute approximate surface area is 163 Å². The molecule has 140 valence electrons. The largest absolute Gasteiger partial charge is 0.289 e. The highest BCUT2D eigenvalue weighted by Gasteiger charge is 2.59. The van der Waals surface area contributed by atoms with Crippen LogP contribution in [0.5, 0.6) is 0 Å². The van der Waals surface area contributed by atoms with E-state index in [1.165, 1.54) is 4.90 Å². The van der Waals surface area contributed by atoms with E-state index in [1.54, 1.807) is 24.3 Å². The summed E-state index contributed by atoms with van der Waals surface area (Å²) in [5, 5.41) is 0. The normalized spacial score (nSPS) is 27.6. The highest BCUT2D eigenvalue weighted by atomic mass is 16.2. The monoisotopic (exact) mass is 371 g/mol. The number of hydrogen-bond donors (Lipinski definition) is 0. The molecule has 2 aliphatic carbocycles. The molecule has 2 aromatic carbocycles. The van der Waals surface area contributed by atoms with Crippen molar-refractivity contribution in [3.8, 4) is 0 Å². The maximum atomic E-state index is 13.0. The molecule has 3 aliphatic rings. The second kappa shape index (κ2) is 5.99. The second-order valence-corrected chi connectivity index (χ2v) is 8.19. The van der Waals surface area contributed by atoms with Crippen molar-refractivity contribution in [2.45, 2.75) is 20.3 Å². The topological polar surface area (TPSA) is 54.5 Å². The van der Waals surface area contributed by atoms with E-state index in [0.29, 0.717) is 16.8 Å². The van der Waals surface area contributed by atoms with Crippen LogP contribution in [-0.4, -0.2) is 17.6 Å². The van der Waals surface area contributed by atoms with Gasteiger partial charge in [-0.15, -0.1) is 0 Å². The number of nitrogens with zero attached hydrogens (tertiary/aromatic N) is 1. The zero-order chi connectivity index (χ0) is 19.6. The van der Waals surface area contributed by atoms with Gasteiger partial charge in [0, 0.05) is 11.1 Å². The number of fused-ring (bicyclic) bond motifs is 5. The SMILES string of the molecule is Cc1ccc(C(=O)c2cccc(N3C(=O)[C@@H]4[C@@H](C3=O)[C@@H]3C=C[C@@H]4C3)c2)cc1C. The molecule has 0 N–H and O–H groups in total. The van der Waals surface area contributed by atoms with E-state index in [1.807, 2.05) is 32.0 Å². The van der Waals surface area contributed by atoms with Gasteiger partial charge in [0.2, 0.25) is 11.8 Å². The van der Waals surface area contributed by atoms with E-state index in [4.69, 9.17) is 0 Å². The number of rotatable bonds is 3. The van der Waals surface area contributed by atoms with Crippen LogP contribution >= 0.6 is 0 Å². The fourth-order valence-electron chi connectivity index (χ4n) is 4.99. The van der Waals surface area contributed by atoms with Crippen LogP contribution in [0.15, 0.2) is 54.6 Å². The molecule has 4 atom stereocenters. The highest BCUT2D eigenvalue weighted by molar-refractivity contribution is 6.23. The van der Waals surface area contributed by atoms with Crippen molar-refractivity contribution in [2.24, 2.45) is 23.7 Å². The molecule has 4 heteroatoms. The lowest BCUT2D eigenvalue weighted by Gasteiger charge is -2.18. The first-order chi connectivity index (χ1) is 13.5. The molecule has 2 amide bonds. The summed E-state index contributed by atoms with van der Waals surface area (Å²) >= 11 is 0. The lowest BCUT2D eigenvalue weighted by atomic mass is 9.85. The second-order valence-electron chi connectivity index (χ2n) is 8.19. The van der Waals surface area contributed by atoms with Crippen molar-refractivity contribution in [1.29, 1.82) is 0 Å². The van der Waals surface area contributed by atoms with Gasteiger partial charge >= 0.3 is 0 Å². The Morgan fingerprint density at radius 1 is 0.857 bits per heavy atom. The molecule has 0 unspecified atom stereocenters. The average molecular weight is 371 g/mol. The molecule has 0 spiro atoms. The van der Waals surface area contributed by atoms with E-state index in [0.717, 1.165) is 17.5 Å². The van der Waals surface area contributed by atoms with Crippen LogP contribution in [0.4, 0.5) is 5.69 Å². The fraction of sp³-hybridized carbons (Fsp3) is 0.292. The van der Waals surface area contributed by atoms with Crippen molar-refractivity contribution in [1.82, 2.24) is 0 Å². The Bertz CT molecular complexity index is 1040. The van der Waals surface area contributed by atoms with Gasteiger partial charge in [-0.2, -0.15) is 0 Å². The van der Waals surface area contributed by atoms with Crippen molar-refractivity contribution in [3.63, 3.8) is 0 Å². The maximum absolute atomic E-state index is 13.0. The number of carbonyl (C=O) groups excluding carboxylic acids is 3. The van der Waals surface area contributed by atoms with Crippen LogP contribution in [0.2, 0.25) is 0 Å². The summed E-state index contributed by atoms with van der Waals surface area (Å²) in [6, 6.07) is 12.5. The van der Waals surface area contributed by atoms with Crippen molar-refractivity contribution in [2.75, 3.05) is 4.90 Å². The molecule has 0 aromatic heterocycles. The Balaban J connectivity index is 1.48. The molecule has 2 aromatic rings. The summed E-state index contributed by atoms with van der Waals surface area (Å²) in [5.41, 5.74) is 3.78. The number of hydrogen-bond acceptors (Lipinski definition) is 3. The number of imide groups is 1. The summed E-state index contributed by atoms with van der Waals surface area (Å²) in [6.45, 7) is 3.98. The Hall–Kier alpha value is -3.01. The predicted molar refractivity (Wildman–Crippen MR) is 106 cm³/mol. The average Bonchev–Trinajstić information content (AvgIpc) is 3.37. The van der Waals surface area contributed by atoms with E-state index in [-0.39, 0.29) is 41.3 Å². The van der Waals surface area contributed by atoms with Gasteiger partial charge in [0.15, 0.2) is 5.78 Å². The third-order valence-electron chi connectivity index (χ3n) is 6.61. The van der Waals surface area contributed by atoms with Gasteiger partial charge in [0.1, 0.15) is 0 Å². The number of ketones is 1. The van der Waals surface area contributed by atoms with Gasteiger partial charge < -0.3 is 0 Å². The number of benzene rings is 2. The molecule has 1 aliphatic heterocycles. The van der Waals surface area contributed by atoms with Crippen LogP contribution in [0.25, 0.3) is 0 Å². The van der Waals surface area contributed by atoms with Crippen LogP contribution < -0.4 is 4.90 Å². The minimum Gasteiger partial charge on any atom is -0.289 e. The zero-order valence-electron chi connectivity index (χ0n) is 15.9. The van der Waals surface area contributed by atoms with Crippen molar-refractivity contribution < 1.29 is 14.4 Å². The van der Waals surface area contributed by atoms with Gasteiger partial charge in [-0.3, -0.25) is 14.4 Å². The molecule has 28 heavy (non-hydrogen) atoms. The predicted octanol–water partition coefficient (Wildman–Crippen LogP) is 3.85. The van der Waals surface area contributed by atoms with Crippen LogP contribution in [-0.2, 0) is 9.59 Å². The number of anilines is 1. The van der Waals surface area contributed by atoms with Crippen molar-refractivity contribution >= 4 is 23.3 Å². The quantitative estimate of drug-likeness (QED) is 0.468. The zero-order valence-corrected chi connectivity index (χ0v) is 15.9. The molecule has 2 fully saturated rings. The van der Waals surface area contributed by atoms with Crippen LogP contribution in [0.3, 0.4) is 0 Å². The summed E-state index contributed by atoms with van der Waals surface area (Å²) in [6.07, 6.45) is 5.08. The van der Waals surface area contributed by atoms with E-state index < -0.39 is 0 Å². The lowest BCUT2D eigenvalue weighted by molar-refractivity contribution is -0.123. The van der Waals surface area contributed by atoms with Gasteiger partial charge in [0.05, 0.1) is 17.5 Å². The number of allylic oxidation sites excluding steroid dienone is 2. The molecule has 1 saturated heterocycles. The van der Waals surface area contributed by atoms with Gasteiger partial charge in [0.25, 0.3) is 0 Å². The van der Waals surface area contributed by atoms with Gasteiger partial charge in [-0.25, -0.2) is 4.90 Å². The smallest absolute Gasteiger partial charge is 0.238 e. The minimum atomic E-state index is -0.235. The van der Waals surface area contributed by atoms with E-state index in [9.17, 15) is 14.4 Å². The van der Waals surface area contributed by atoms with Gasteiger partial charge in [-0.05, 0) is 61.4 Å². The Morgan fingerprint density at radius 2 is 1.50 bits per heavy atom. The van der Waals surface area contributed by atoms with Crippen LogP contribution in [0.1, 0.15) is 33.5 Å². The number of amides is 2. The third kappa shape index (κ3) is 2.34. The summed E-state index contributed by atoms with van der Waals surface area (Å²) in [7, 11) is 0. The first kappa shape index (κ1) is 17.1. The Kier molecular flexibility index (Phi) is 3.66. The molecule has 1 saturated carbocycles. The first-order valence-corrected chi connectivity index (χ1v) is 9.74. The third-order valence-corrected chi connectivity index (χ3v) is 6.61. The molecular weight excluding hydrogens is 350 g/mol. The standard InChI is InChI=1S/C24H21NO3/c1-13-6-7-18(10-14(13)2)22(26)17-4-3-5-19(12-17)25-23(27)20-15-8-9-16(11-15)21(20)24(25)28/h3-10,12,15-16,20-21H,11H2,1-2H3/t15-,16-,20+,21+/m1/s1. The lowest BCUT2D eigenvalue weighted by Crippen LogP contribution is -2.33. The fourth-order valence-corrected chi connectivity index (χ4v) is 4.99. The molecule has 1 heterocycles. The molecule has 4 nitrogen and oxygen atoms in total. The summed E-state index contributed by atoms with van der Waals surface area (Å²) in [5.74, 6) is -0.465. The van der Waals surface area contributed by atoms with E-state index >= 15 is 0 Å². The highest BCUT2D eigenvalue weighted by Crippen LogP contribution is 2.53. The first-order valence-electron chi connectivity index (χ1n) is 9.74. The van der Waals surface area contributed by atoms with Crippen LogP contribution in [0, 0.1) is 37.5 Å². The van der Waals surface area contributed by atoms with E-state index in [2.05, 4.69) is 12.2 Å². The maximum Gasteiger partial charge on any atom is 0.238 e. The molecular formula is C24H21NO3. The summed E-state index contributed by atoms with van der Waals surface area (Å²) < 4.78 is 0. The number of aryl methyl sites for hydroxylation is 2. The molecule has 0 radical (unpaired) electrons. The minimum absolute atomic E-state index is 0.106. The Morgan fingerprint density at radius 3 is 2.14 bits per heavy atom. The molecule has 2 bridgehead atoms. The number of carbonyl (C=O) groups is 3. The van der Waals surface area contributed by atoms with Crippen molar-refractivity contribution in [3.05, 3.63) is 76.9 Å². The summed E-state index contributed by atoms with van der Waals surface area (Å²) in [4.78, 5) is 40.3. The van der Waals surface area contributed by atoms with Gasteiger partial charge in [-0.1, -0.05) is 36.4 Å².